The van der Waals surface area contributed by atoms with Crippen molar-refractivity contribution in [2.75, 3.05) is 13.2 Å². The number of carbonyl (C=O) groups is 1. The highest BCUT2D eigenvalue weighted by molar-refractivity contribution is 6.71. The van der Waals surface area contributed by atoms with Gasteiger partial charge in [-0.15, -0.1) is 0 Å². The molecule has 0 aromatic heterocycles. The molecule has 0 radical (unpaired) electrons. The summed E-state index contributed by atoms with van der Waals surface area (Å²) in [4.78, 5) is 10.7. The van der Waals surface area contributed by atoms with Gasteiger partial charge in [0.2, 0.25) is 0 Å². The standard InChI is InChI=1S/C10H20O3Si/c1-5-10(11)12-8-7-9-14(3,4)13-6-2/h5H,1,6-9H2,2-4H3. The molecule has 0 spiro atoms. The molecule has 82 valence electrons. The van der Waals surface area contributed by atoms with Gasteiger partial charge in [-0.25, -0.2) is 4.79 Å². The predicted molar refractivity (Wildman–Crippen MR) is 59.7 cm³/mol. The zero-order valence-corrected chi connectivity index (χ0v) is 10.3. The molecule has 0 atom stereocenters. The molecule has 0 fully saturated rings. The Morgan fingerprint density at radius 1 is 1.50 bits per heavy atom. The molecular weight excluding hydrogens is 196 g/mol. The van der Waals surface area contributed by atoms with E-state index in [9.17, 15) is 4.79 Å². The molecular formula is C10H20O3Si. The second-order valence-corrected chi connectivity index (χ2v) is 7.98. The monoisotopic (exact) mass is 216 g/mol. The maximum atomic E-state index is 10.7. The van der Waals surface area contributed by atoms with Gasteiger partial charge in [0.1, 0.15) is 0 Å². The third-order valence-electron chi connectivity index (χ3n) is 1.87. The van der Waals surface area contributed by atoms with Crippen LogP contribution < -0.4 is 0 Å². The third kappa shape index (κ3) is 6.86. The number of hydrogen-bond acceptors (Lipinski definition) is 3. The fraction of sp³-hybridized carbons (Fsp3) is 0.700. The van der Waals surface area contributed by atoms with E-state index in [0.29, 0.717) is 6.61 Å². The lowest BCUT2D eigenvalue weighted by Crippen LogP contribution is -2.30. The summed E-state index contributed by atoms with van der Waals surface area (Å²) < 4.78 is 10.5. The van der Waals surface area contributed by atoms with Crippen molar-refractivity contribution in [3.05, 3.63) is 12.7 Å². The molecule has 0 amide bonds. The van der Waals surface area contributed by atoms with Crippen LogP contribution in [0.5, 0.6) is 0 Å². The van der Waals surface area contributed by atoms with Gasteiger partial charge in [0.25, 0.3) is 0 Å². The van der Waals surface area contributed by atoms with Crippen molar-refractivity contribution in [3.8, 4) is 0 Å². The second-order valence-electron chi connectivity index (χ2n) is 3.67. The van der Waals surface area contributed by atoms with Crippen molar-refractivity contribution in [1.82, 2.24) is 0 Å². The molecule has 14 heavy (non-hydrogen) atoms. The minimum Gasteiger partial charge on any atom is -0.463 e. The first-order chi connectivity index (χ1) is 6.52. The summed E-state index contributed by atoms with van der Waals surface area (Å²) in [5, 5.41) is 0. The van der Waals surface area contributed by atoms with Crippen molar-refractivity contribution in [3.63, 3.8) is 0 Å². The van der Waals surface area contributed by atoms with E-state index in [1.165, 1.54) is 6.08 Å². The van der Waals surface area contributed by atoms with E-state index >= 15 is 0 Å². The van der Waals surface area contributed by atoms with Gasteiger partial charge >= 0.3 is 5.97 Å². The summed E-state index contributed by atoms with van der Waals surface area (Å²) >= 11 is 0. The fourth-order valence-corrected chi connectivity index (χ4v) is 3.11. The Hall–Kier alpha value is -0.613. The Kier molecular flexibility index (Phi) is 6.49. The normalized spacial score (nSPS) is 11.1. The average Bonchev–Trinajstić information content (AvgIpc) is 2.12. The summed E-state index contributed by atoms with van der Waals surface area (Å²) in [6.45, 7) is 10.9. The topological polar surface area (TPSA) is 35.5 Å². The maximum absolute atomic E-state index is 10.7. The Morgan fingerprint density at radius 3 is 2.64 bits per heavy atom. The van der Waals surface area contributed by atoms with Crippen molar-refractivity contribution >= 4 is 14.3 Å². The van der Waals surface area contributed by atoms with Gasteiger partial charge in [0.05, 0.1) is 6.61 Å². The summed E-state index contributed by atoms with van der Waals surface area (Å²) in [6, 6.07) is 1.02. The molecule has 0 heterocycles. The lowest BCUT2D eigenvalue weighted by Gasteiger charge is -2.21. The highest BCUT2D eigenvalue weighted by Crippen LogP contribution is 2.13. The number of hydrogen-bond donors (Lipinski definition) is 0. The number of ether oxygens (including phenoxy) is 1. The largest absolute Gasteiger partial charge is 0.463 e. The molecule has 0 bridgehead atoms. The van der Waals surface area contributed by atoms with Crippen LogP contribution in [0.15, 0.2) is 12.7 Å². The molecule has 4 heteroatoms. The summed E-state index contributed by atoms with van der Waals surface area (Å²) in [7, 11) is -1.50. The molecule has 3 nitrogen and oxygen atoms in total. The third-order valence-corrected chi connectivity index (χ3v) is 4.50. The minimum absolute atomic E-state index is 0.346. The molecule has 0 aliphatic rings. The Labute approximate surface area is 87.2 Å². The van der Waals surface area contributed by atoms with Gasteiger partial charge in [0.15, 0.2) is 8.32 Å². The van der Waals surface area contributed by atoms with Gasteiger partial charge < -0.3 is 9.16 Å². The van der Waals surface area contributed by atoms with E-state index in [2.05, 4.69) is 19.7 Å². The molecule has 0 saturated heterocycles. The summed E-state index contributed by atoms with van der Waals surface area (Å²) in [5.74, 6) is -0.346. The van der Waals surface area contributed by atoms with E-state index in [1.54, 1.807) is 0 Å². The van der Waals surface area contributed by atoms with Crippen molar-refractivity contribution in [2.45, 2.75) is 32.5 Å². The lowest BCUT2D eigenvalue weighted by atomic mass is 10.5. The van der Waals surface area contributed by atoms with Gasteiger partial charge in [-0.3, -0.25) is 0 Å². The van der Waals surface area contributed by atoms with Crippen LogP contribution >= 0.6 is 0 Å². The van der Waals surface area contributed by atoms with Gasteiger partial charge in [-0.1, -0.05) is 6.58 Å². The van der Waals surface area contributed by atoms with Crippen LogP contribution in [-0.2, 0) is 14.0 Å². The summed E-state index contributed by atoms with van der Waals surface area (Å²) in [6.07, 6.45) is 2.06. The minimum atomic E-state index is -1.50. The first-order valence-electron chi connectivity index (χ1n) is 4.95. The molecule has 0 unspecified atom stereocenters. The Morgan fingerprint density at radius 2 is 2.14 bits per heavy atom. The van der Waals surface area contributed by atoms with Crippen LogP contribution in [0.1, 0.15) is 13.3 Å². The van der Waals surface area contributed by atoms with E-state index in [4.69, 9.17) is 9.16 Å². The Bertz CT molecular complexity index is 190. The second kappa shape index (κ2) is 6.78. The van der Waals surface area contributed by atoms with Crippen LogP contribution in [0.25, 0.3) is 0 Å². The number of rotatable bonds is 7. The molecule has 0 rings (SSSR count). The molecule has 0 N–H and O–H groups in total. The first-order valence-corrected chi connectivity index (χ1v) is 8.06. The van der Waals surface area contributed by atoms with Crippen molar-refractivity contribution in [2.24, 2.45) is 0 Å². The van der Waals surface area contributed by atoms with Gasteiger partial charge in [-0.05, 0) is 32.5 Å². The Balaban J connectivity index is 3.53. The van der Waals surface area contributed by atoms with Crippen LogP contribution in [0.2, 0.25) is 19.1 Å². The van der Waals surface area contributed by atoms with Crippen LogP contribution in [-0.4, -0.2) is 27.5 Å². The van der Waals surface area contributed by atoms with Gasteiger partial charge in [-0.2, -0.15) is 0 Å². The van der Waals surface area contributed by atoms with Crippen LogP contribution in [0.4, 0.5) is 0 Å². The van der Waals surface area contributed by atoms with Crippen LogP contribution in [0, 0.1) is 0 Å². The first kappa shape index (κ1) is 13.4. The molecule has 0 saturated carbocycles. The molecule has 0 aromatic carbocycles. The quantitative estimate of drug-likeness (QED) is 0.284. The van der Waals surface area contributed by atoms with Gasteiger partial charge in [0, 0.05) is 12.7 Å². The zero-order chi connectivity index (χ0) is 11.0. The van der Waals surface area contributed by atoms with Crippen LogP contribution in [0.3, 0.4) is 0 Å². The predicted octanol–water partition coefficient (Wildman–Crippen LogP) is 2.35. The number of esters is 1. The van der Waals surface area contributed by atoms with Crippen molar-refractivity contribution < 1.29 is 14.0 Å². The van der Waals surface area contributed by atoms with E-state index in [1.807, 2.05) is 6.92 Å². The van der Waals surface area contributed by atoms with E-state index in [0.717, 1.165) is 19.1 Å². The maximum Gasteiger partial charge on any atom is 0.330 e. The van der Waals surface area contributed by atoms with Crippen molar-refractivity contribution in [1.29, 1.82) is 0 Å². The molecule has 0 aromatic rings. The number of carbonyl (C=O) groups excluding carboxylic acids is 1. The highest BCUT2D eigenvalue weighted by atomic mass is 28.4. The molecule has 0 aliphatic carbocycles. The lowest BCUT2D eigenvalue weighted by molar-refractivity contribution is -0.137. The highest BCUT2D eigenvalue weighted by Gasteiger charge is 2.20. The zero-order valence-electron chi connectivity index (χ0n) is 9.34. The SMILES string of the molecule is C=CC(=O)OCCC[Si](C)(C)OCC. The van der Waals surface area contributed by atoms with E-state index in [-0.39, 0.29) is 5.97 Å². The fourth-order valence-electron chi connectivity index (χ4n) is 1.19. The van der Waals surface area contributed by atoms with E-state index < -0.39 is 8.32 Å². The smallest absolute Gasteiger partial charge is 0.330 e. The molecule has 0 aliphatic heterocycles. The summed E-state index contributed by atoms with van der Waals surface area (Å²) in [5.41, 5.74) is 0. The average molecular weight is 216 g/mol.